The molecule has 0 saturated carbocycles. The summed E-state index contributed by atoms with van der Waals surface area (Å²) in [5, 5.41) is 2.52. The molecule has 1 aliphatic rings. The Kier molecular flexibility index (Phi) is 9.31. The fourth-order valence-corrected chi connectivity index (χ4v) is 1.33. The zero-order valence-corrected chi connectivity index (χ0v) is 11.9. The lowest BCUT2D eigenvalue weighted by atomic mass is 10.1. The molecule has 1 rings (SSSR count). The molecule has 1 atom stereocenters. The van der Waals surface area contributed by atoms with Crippen molar-refractivity contribution in [3.8, 4) is 0 Å². The van der Waals surface area contributed by atoms with Crippen LogP contribution in [0.1, 0.15) is 46.5 Å². The number of hydrogen-bond acceptors (Lipinski definition) is 3. The first-order valence-corrected chi connectivity index (χ1v) is 6.75. The van der Waals surface area contributed by atoms with Gasteiger partial charge in [-0.1, -0.05) is 39.3 Å². The summed E-state index contributed by atoms with van der Waals surface area (Å²) in [6.45, 7) is 6.07. The van der Waals surface area contributed by atoms with Gasteiger partial charge in [0.05, 0.1) is 0 Å². The van der Waals surface area contributed by atoms with E-state index in [0.29, 0.717) is 19.3 Å². The highest BCUT2D eigenvalue weighted by molar-refractivity contribution is 6.07. The molecular formula is C15H23NO3. The van der Waals surface area contributed by atoms with Crippen LogP contribution >= 0.6 is 0 Å². The summed E-state index contributed by atoms with van der Waals surface area (Å²) in [6.07, 6.45) is 8.75. The van der Waals surface area contributed by atoms with E-state index in [4.69, 9.17) is 0 Å². The summed E-state index contributed by atoms with van der Waals surface area (Å²) in [6, 6.07) is -0.575. The van der Waals surface area contributed by atoms with Crippen molar-refractivity contribution >= 4 is 17.5 Å². The number of nitrogens with one attached hydrogen (secondary N) is 1. The molecule has 1 heterocycles. The molecular weight excluding hydrogens is 242 g/mol. The van der Waals surface area contributed by atoms with Crippen molar-refractivity contribution in [2.24, 2.45) is 0 Å². The number of rotatable bonds is 5. The van der Waals surface area contributed by atoms with Gasteiger partial charge in [-0.25, -0.2) is 0 Å². The first-order chi connectivity index (χ1) is 9.04. The molecule has 1 unspecified atom stereocenters. The Hall–Kier alpha value is -1.71. The smallest absolute Gasteiger partial charge is 0.244 e. The standard InChI is InChI=1S/C12H15NO3.C3H8/c1-2-9(14)5-3-4-6-10-11(15)7-8-12(16)13-10;1-3-2/h4,6-8,10H,2-3,5H2,1H3,(H,13,16);3H2,1-2H3/b6-4-;. The van der Waals surface area contributed by atoms with Gasteiger partial charge in [0.15, 0.2) is 5.78 Å². The van der Waals surface area contributed by atoms with Gasteiger partial charge in [0.2, 0.25) is 5.91 Å². The lowest BCUT2D eigenvalue weighted by Crippen LogP contribution is -2.40. The van der Waals surface area contributed by atoms with Gasteiger partial charge >= 0.3 is 0 Å². The number of ketones is 2. The molecule has 0 radical (unpaired) electrons. The molecule has 0 aromatic carbocycles. The number of hydrogen-bond donors (Lipinski definition) is 1. The molecule has 0 aliphatic carbocycles. The van der Waals surface area contributed by atoms with Crippen molar-refractivity contribution in [3.05, 3.63) is 24.3 Å². The van der Waals surface area contributed by atoms with E-state index in [2.05, 4.69) is 19.2 Å². The first kappa shape index (κ1) is 17.3. The Bertz CT molecular complexity index is 370. The van der Waals surface area contributed by atoms with E-state index in [-0.39, 0.29) is 17.5 Å². The van der Waals surface area contributed by atoms with Gasteiger partial charge in [-0.3, -0.25) is 14.4 Å². The quantitative estimate of drug-likeness (QED) is 0.776. The van der Waals surface area contributed by atoms with Crippen LogP contribution in [0.4, 0.5) is 0 Å². The average Bonchev–Trinajstić information content (AvgIpc) is 2.39. The van der Waals surface area contributed by atoms with Gasteiger partial charge < -0.3 is 5.32 Å². The van der Waals surface area contributed by atoms with Gasteiger partial charge in [-0.2, -0.15) is 0 Å². The number of amides is 1. The third-order valence-electron chi connectivity index (χ3n) is 2.32. The molecule has 0 saturated heterocycles. The third-order valence-corrected chi connectivity index (χ3v) is 2.32. The Morgan fingerprint density at radius 1 is 1.26 bits per heavy atom. The summed E-state index contributed by atoms with van der Waals surface area (Å²) in [7, 11) is 0. The topological polar surface area (TPSA) is 63.2 Å². The monoisotopic (exact) mass is 265 g/mol. The van der Waals surface area contributed by atoms with Crippen LogP contribution in [0.5, 0.6) is 0 Å². The SMILES string of the molecule is CCC.CCC(=O)CC/C=C\C1NC(=O)C=CC1=O. The fourth-order valence-electron chi connectivity index (χ4n) is 1.33. The maximum absolute atomic E-state index is 11.3. The van der Waals surface area contributed by atoms with E-state index in [9.17, 15) is 14.4 Å². The molecule has 0 bridgehead atoms. The highest BCUT2D eigenvalue weighted by Gasteiger charge is 2.18. The van der Waals surface area contributed by atoms with Crippen molar-refractivity contribution in [1.82, 2.24) is 5.32 Å². The molecule has 1 N–H and O–H groups in total. The van der Waals surface area contributed by atoms with Crippen LogP contribution in [0, 0.1) is 0 Å². The third kappa shape index (κ3) is 8.08. The number of carbonyl (C=O) groups is 3. The largest absolute Gasteiger partial charge is 0.339 e. The molecule has 1 amide bonds. The van der Waals surface area contributed by atoms with Crippen molar-refractivity contribution in [3.63, 3.8) is 0 Å². The fraction of sp³-hybridized carbons (Fsp3) is 0.533. The van der Waals surface area contributed by atoms with Gasteiger partial charge in [0.25, 0.3) is 0 Å². The molecule has 0 spiro atoms. The van der Waals surface area contributed by atoms with Crippen molar-refractivity contribution < 1.29 is 14.4 Å². The summed E-state index contributed by atoms with van der Waals surface area (Å²) in [4.78, 5) is 33.3. The second kappa shape index (κ2) is 10.2. The first-order valence-electron chi connectivity index (χ1n) is 6.75. The van der Waals surface area contributed by atoms with E-state index in [1.807, 2.05) is 6.92 Å². The van der Waals surface area contributed by atoms with Crippen LogP contribution in [-0.4, -0.2) is 23.5 Å². The van der Waals surface area contributed by atoms with Crippen molar-refractivity contribution in [2.45, 2.75) is 52.5 Å². The second-order valence-electron chi connectivity index (χ2n) is 4.29. The van der Waals surface area contributed by atoms with Crippen molar-refractivity contribution in [1.29, 1.82) is 0 Å². The maximum Gasteiger partial charge on any atom is 0.244 e. The molecule has 0 fully saturated rings. The van der Waals surface area contributed by atoms with E-state index in [1.54, 1.807) is 12.2 Å². The zero-order chi connectivity index (χ0) is 14.7. The van der Waals surface area contributed by atoms with Crippen LogP contribution in [0.2, 0.25) is 0 Å². The Morgan fingerprint density at radius 2 is 1.89 bits per heavy atom. The highest BCUT2D eigenvalue weighted by atomic mass is 16.2. The molecule has 19 heavy (non-hydrogen) atoms. The summed E-state index contributed by atoms with van der Waals surface area (Å²) in [5.41, 5.74) is 0. The van der Waals surface area contributed by atoms with Crippen LogP contribution in [0.15, 0.2) is 24.3 Å². The Morgan fingerprint density at radius 3 is 2.47 bits per heavy atom. The van der Waals surface area contributed by atoms with E-state index in [0.717, 1.165) is 0 Å². The minimum absolute atomic E-state index is 0.141. The van der Waals surface area contributed by atoms with Gasteiger partial charge in [-0.15, -0.1) is 0 Å². The average molecular weight is 265 g/mol. The molecule has 0 aromatic heterocycles. The van der Waals surface area contributed by atoms with E-state index >= 15 is 0 Å². The van der Waals surface area contributed by atoms with Crippen LogP contribution < -0.4 is 5.32 Å². The van der Waals surface area contributed by atoms with Gasteiger partial charge in [0.1, 0.15) is 11.8 Å². The minimum Gasteiger partial charge on any atom is -0.339 e. The number of allylic oxidation sites excluding steroid dienone is 1. The summed E-state index contributed by atoms with van der Waals surface area (Å²) < 4.78 is 0. The minimum atomic E-state index is -0.575. The zero-order valence-electron chi connectivity index (χ0n) is 11.9. The maximum atomic E-state index is 11.3. The second-order valence-corrected chi connectivity index (χ2v) is 4.29. The normalized spacial score (nSPS) is 17.9. The highest BCUT2D eigenvalue weighted by Crippen LogP contribution is 2.01. The molecule has 0 aromatic rings. The molecule has 106 valence electrons. The van der Waals surface area contributed by atoms with Gasteiger partial charge in [0, 0.05) is 18.9 Å². The number of carbonyl (C=O) groups excluding carboxylic acids is 3. The molecule has 1 aliphatic heterocycles. The summed E-state index contributed by atoms with van der Waals surface area (Å²) in [5.74, 6) is -0.208. The van der Waals surface area contributed by atoms with Crippen LogP contribution in [0.25, 0.3) is 0 Å². The molecule has 4 nitrogen and oxygen atoms in total. The Labute approximate surface area is 115 Å². The van der Waals surface area contributed by atoms with Crippen LogP contribution in [0.3, 0.4) is 0 Å². The predicted octanol–water partition coefficient (Wildman–Crippen LogP) is 2.34. The van der Waals surface area contributed by atoms with Crippen LogP contribution in [-0.2, 0) is 14.4 Å². The van der Waals surface area contributed by atoms with E-state index in [1.165, 1.54) is 18.6 Å². The summed E-state index contributed by atoms with van der Waals surface area (Å²) >= 11 is 0. The lowest BCUT2D eigenvalue weighted by Gasteiger charge is -2.14. The van der Waals surface area contributed by atoms with Gasteiger partial charge in [-0.05, 0) is 12.5 Å². The lowest BCUT2D eigenvalue weighted by molar-refractivity contribution is -0.123. The molecule has 4 heteroatoms. The Balaban J connectivity index is 0.000000982. The predicted molar refractivity (Wildman–Crippen MR) is 75.7 cm³/mol. The van der Waals surface area contributed by atoms with E-state index < -0.39 is 6.04 Å². The number of Topliss-reactive ketones (excluding diaryl/α,β-unsaturated/α-hetero) is 1. The van der Waals surface area contributed by atoms with Crippen molar-refractivity contribution in [2.75, 3.05) is 0 Å².